The van der Waals surface area contributed by atoms with Crippen LogP contribution < -0.4 is 10.9 Å². The van der Waals surface area contributed by atoms with Crippen LogP contribution in [0.4, 0.5) is 0 Å². The van der Waals surface area contributed by atoms with Gasteiger partial charge in [0.15, 0.2) is 5.16 Å². The van der Waals surface area contributed by atoms with Gasteiger partial charge in [-0.05, 0) is 68.2 Å². The Kier molecular flexibility index (Phi) is 8.22. The number of amides is 1. The zero-order valence-electron chi connectivity index (χ0n) is 20.9. The van der Waals surface area contributed by atoms with E-state index < -0.39 is 0 Å². The third-order valence-electron chi connectivity index (χ3n) is 7.51. The van der Waals surface area contributed by atoms with E-state index >= 15 is 0 Å². The molecule has 3 aromatic rings. The highest BCUT2D eigenvalue weighted by molar-refractivity contribution is 7.98. The highest BCUT2D eigenvalue weighted by Crippen LogP contribution is 2.32. The van der Waals surface area contributed by atoms with Crippen LogP contribution in [0, 0.1) is 23.2 Å². The fraction of sp³-hybridized carbons (Fsp3) is 0.448. The largest absolute Gasteiger partial charge is 0.376 e. The van der Waals surface area contributed by atoms with Gasteiger partial charge >= 0.3 is 0 Å². The molecule has 0 unspecified atom stereocenters. The Hall–Kier alpha value is -3.15. The topological polar surface area (TPSA) is 97.0 Å². The first-order valence-corrected chi connectivity index (χ1v) is 14.1. The van der Waals surface area contributed by atoms with E-state index in [0.29, 0.717) is 46.4 Å². The van der Waals surface area contributed by atoms with Crippen LogP contribution in [0.25, 0.3) is 10.9 Å². The molecule has 1 aliphatic carbocycles. The second kappa shape index (κ2) is 11.9. The smallest absolute Gasteiger partial charge is 0.262 e. The second-order valence-corrected chi connectivity index (χ2v) is 10.9. The Balaban J connectivity index is 1.28. The number of thioether (sulfide) groups is 1. The number of ether oxygens (including phenoxy) is 1. The zero-order valence-corrected chi connectivity index (χ0v) is 21.7. The minimum absolute atomic E-state index is 0.0282. The molecule has 2 aromatic carbocycles. The number of hydrogen-bond donors (Lipinski definition) is 1. The normalized spacial score (nSPS) is 21.5. The second-order valence-electron chi connectivity index (χ2n) is 9.98. The van der Waals surface area contributed by atoms with Gasteiger partial charge in [0.05, 0.1) is 28.6 Å². The van der Waals surface area contributed by atoms with E-state index in [1.54, 1.807) is 0 Å². The Labute approximate surface area is 221 Å². The van der Waals surface area contributed by atoms with Crippen LogP contribution in [-0.2, 0) is 21.8 Å². The molecule has 1 aromatic heterocycles. The van der Waals surface area contributed by atoms with Crippen LogP contribution >= 0.6 is 11.8 Å². The first-order valence-electron chi connectivity index (χ1n) is 13.1. The SMILES string of the molecule is N#Cc1ccccc1CSc1nc2ccccc2c(=O)n1CC1CCC(C(=O)NC[C@@H]2CCCO2)CC1. The Morgan fingerprint density at radius 1 is 1.11 bits per heavy atom. The molecule has 1 saturated heterocycles. The maximum Gasteiger partial charge on any atom is 0.262 e. The Morgan fingerprint density at radius 2 is 1.89 bits per heavy atom. The summed E-state index contributed by atoms with van der Waals surface area (Å²) in [6, 6.07) is 17.2. The number of aromatic nitrogens is 2. The first-order chi connectivity index (χ1) is 18.1. The Bertz CT molecular complexity index is 1350. The quantitative estimate of drug-likeness (QED) is 0.345. The molecule has 0 spiro atoms. The number of rotatable bonds is 8. The van der Waals surface area contributed by atoms with Gasteiger partial charge in [0.25, 0.3) is 5.56 Å². The van der Waals surface area contributed by atoms with Crippen molar-refractivity contribution in [2.45, 2.75) is 62.1 Å². The summed E-state index contributed by atoms with van der Waals surface area (Å²) in [5, 5.41) is 13.8. The number of nitriles is 1. The summed E-state index contributed by atoms with van der Waals surface area (Å²) in [6.07, 6.45) is 5.70. The average molecular weight is 517 g/mol. The molecule has 0 radical (unpaired) electrons. The lowest BCUT2D eigenvalue weighted by Crippen LogP contribution is -2.38. The highest BCUT2D eigenvalue weighted by Gasteiger charge is 2.28. The van der Waals surface area contributed by atoms with Crippen molar-refractivity contribution in [1.29, 1.82) is 5.26 Å². The number of nitrogens with one attached hydrogen (secondary N) is 1. The van der Waals surface area contributed by atoms with Crippen molar-refractivity contribution < 1.29 is 9.53 Å². The van der Waals surface area contributed by atoms with Crippen LogP contribution in [-0.4, -0.2) is 34.7 Å². The predicted molar refractivity (Wildman–Crippen MR) is 144 cm³/mol. The lowest BCUT2D eigenvalue weighted by Gasteiger charge is -2.29. The van der Waals surface area contributed by atoms with E-state index in [9.17, 15) is 14.9 Å². The van der Waals surface area contributed by atoms with Gasteiger partial charge in [-0.1, -0.05) is 42.1 Å². The maximum atomic E-state index is 13.5. The van der Waals surface area contributed by atoms with E-state index in [1.807, 2.05) is 53.1 Å². The van der Waals surface area contributed by atoms with Gasteiger partial charge < -0.3 is 10.1 Å². The third kappa shape index (κ3) is 6.06. The van der Waals surface area contributed by atoms with Crippen molar-refractivity contribution >= 4 is 28.6 Å². The van der Waals surface area contributed by atoms with E-state index in [1.165, 1.54) is 11.8 Å². The van der Waals surface area contributed by atoms with Gasteiger partial charge in [-0.15, -0.1) is 0 Å². The molecule has 7 nitrogen and oxygen atoms in total. The number of hydrogen-bond acceptors (Lipinski definition) is 6. The first kappa shape index (κ1) is 25.5. The molecule has 8 heteroatoms. The van der Waals surface area contributed by atoms with Crippen LogP contribution in [0.5, 0.6) is 0 Å². The summed E-state index contributed by atoms with van der Waals surface area (Å²) in [5.41, 5.74) is 2.23. The molecule has 0 bridgehead atoms. The van der Waals surface area contributed by atoms with Crippen LogP contribution in [0.3, 0.4) is 0 Å². The molecular weight excluding hydrogens is 484 g/mol. The monoisotopic (exact) mass is 516 g/mol. The molecular formula is C29H32N4O3S. The minimum atomic E-state index is -0.0295. The van der Waals surface area contributed by atoms with E-state index in [-0.39, 0.29) is 23.5 Å². The number of fused-ring (bicyclic) bond motifs is 1. The molecule has 1 amide bonds. The summed E-state index contributed by atoms with van der Waals surface area (Å²) in [4.78, 5) is 31.1. The Morgan fingerprint density at radius 3 is 2.68 bits per heavy atom. The van der Waals surface area contributed by atoms with Gasteiger partial charge in [0.1, 0.15) is 0 Å². The summed E-state index contributed by atoms with van der Waals surface area (Å²) < 4.78 is 7.43. The summed E-state index contributed by atoms with van der Waals surface area (Å²) >= 11 is 1.50. The molecule has 1 aliphatic heterocycles. The van der Waals surface area contributed by atoms with Crippen molar-refractivity contribution in [3.05, 3.63) is 70.0 Å². The van der Waals surface area contributed by atoms with Crippen LogP contribution in [0.2, 0.25) is 0 Å². The maximum absolute atomic E-state index is 13.5. The number of carbonyl (C=O) groups excluding carboxylic acids is 1. The molecule has 1 N–H and O–H groups in total. The molecule has 37 heavy (non-hydrogen) atoms. The van der Waals surface area contributed by atoms with E-state index in [0.717, 1.165) is 50.7 Å². The summed E-state index contributed by atoms with van der Waals surface area (Å²) in [5.74, 6) is 1.03. The van der Waals surface area contributed by atoms with Gasteiger partial charge in [-0.2, -0.15) is 5.26 Å². The molecule has 2 aliphatic rings. The van der Waals surface area contributed by atoms with Crippen molar-refractivity contribution in [3.63, 3.8) is 0 Å². The van der Waals surface area contributed by atoms with Crippen molar-refractivity contribution in [2.75, 3.05) is 13.2 Å². The molecule has 2 fully saturated rings. The number of carbonyl (C=O) groups is 1. The fourth-order valence-electron chi connectivity index (χ4n) is 5.35. The lowest BCUT2D eigenvalue weighted by atomic mass is 9.81. The number of nitrogens with zero attached hydrogens (tertiary/aromatic N) is 3. The van der Waals surface area contributed by atoms with Gasteiger partial charge in [0.2, 0.25) is 5.91 Å². The molecule has 192 valence electrons. The molecule has 2 heterocycles. The zero-order chi connectivity index (χ0) is 25.6. The standard InChI is InChI=1S/C29H32N4O3S/c30-16-22-6-1-2-7-23(22)19-37-29-32-26-10-4-3-9-25(26)28(35)33(29)18-20-11-13-21(14-12-20)27(34)31-17-24-8-5-15-36-24/h1-4,6-7,9-10,20-21,24H,5,8,11-15,17-19H2,(H,31,34)/t20?,21?,24-/m0/s1. The predicted octanol–water partition coefficient (Wildman–Crippen LogP) is 4.66. The fourth-order valence-corrected chi connectivity index (χ4v) is 6.36. The van der Waals surface area contributed by atoms with Gasteiger partial charge in [-0.25, -0.2) is 4.98 Å². The third-order valence-corrected chi connectivity index (χ3v) is 8.53. The van der Waals surface area contributed by atoms with Gasteiger partial charge in [-0.3, -0.25) is 14.2 Å². The highest BCUT2D eigenvalue weighted by atomic mass is 32.2. The van der Waals surface area contributed by atoms with Crippen LogP contribution in [0.1, 0.15) is 49.7 Å². The lowest BCUT2D eigenvalue weighted by molar-refractivity contribution is -0.126. The minimum Gasteiger partial charge on any atom is -0.376 e. The molecule has 1 atom stereocenters. The molecule has 5 rings (SSSR count). The van der Waals surface area contributed by atoms with E-state index in [2.05, 4.69) is 11.4 Å². The van der Waals surface area contributed by atoms with Crippen LogP contribution in [0.15, 0.2) is 58.5 Å². The number of para-hydroxylation sites is 1. The van der Waals surface area contributed by atoms with Crippen molar-refractivity contribution in [2.24, 2.45) is 11.8 Å². The van der Waals surface area contributed by atoms with Crippen molar-refractivity contribution in [1.82, 2.24) is 14.9 Å². The van der Waals surface area contributed by atoms with Gasteiger partial charge in [0, 0.05) is 31.4 Å². The van der Waals surface area contributed by atoms with Crippen molar-refractivity contribution in [3.8, 4) is 6.07 Å². The number of benzene rings is 2. The van der Waals surface area contributed by atoms with E-state index in [4.69, 9.17) is 9.72 Å². The molecule has 1 saturated carbocycles. The average Bonchev–Trinajstić information content (AvgIpc) is 3.47. The summed E-state index contributed by atoms with van der Waals surface area (Å²) in [7, 11) is 0. The summed E-state index contributed by atoms with van der Waals surface area (Å²) in [6.45, 7) is 1.98.